The van der Waals surface area contributed by atoms with Crippen LogP contribution in [0.1, 0.15) is 27.9 Å². The lowest BCUT2D eigenvalue weighted by molar-refractivity contribution is 0.0942. The van der Waals surface area contributed by atoms with Crippen LogP contribution in [0, 0.1) is 13.8 Å². The van der Waals surface area contributed by atoms with Crippen molar-refractivity contribution in [3.05, 3.63) is 59.2 Å². The number of carbonyl (C=O) groups is 1. The van der Waals surface area contributed by atoms with Gasteiger partial charge in [0.25, 0.3) is 5.91 Å². The van der Waals surface area contributed by atoms with Crippen LogP contribution in [0.3, 0.4) is 0 Å². The number of benzene rings is 2. The molecule has 0 spiro atoms. The highest BCUT2D eigenvalue weighted by Crippen LogP contribution is 2.25. The van der Waals surface area contributed by atoms with Crippen LogP contribution in [0.5, 0.6) is 0 Å². The van der Waals surface area contributed by atoms with Gasteiger partial charge in [0.05, 0.1) is 22.8 Å². The Bertz CT molecular complexity index is 907. The Hall–Kier alpha value is -2.34. The summed E-state index contributed by atoms with van der Waals surface area (Å²) >= 11 is 0. The van der Waals surface area contributed by atoms with Gasteiger partial charge in [-0.2, -0.15) is 0 Å². The van der Waals surface area contributed by atoms with Crippen LogP contribution >= 0.6 is 0 Å². The highest BCUT2D eigenvalue weighted by molar-refractivity contribution is 7.91. The van der Waals surface area contributed by atoms with Gasteiger partial charge in [-0.1, -0.05) is 24.3 Å². The number of sulfone groups is 1. The van der Waals surface area contributed by atoms with E-state index in [0.717, 1.165) is 11.3 Å². The standard InChI is InChI=1S/C19H22N2O3S/c1-13-6-5-9-17(14(13)2)21-18-8-4-3-7-16(18)19(22)20-15-10-11-25(23,24)12-15/h3-9,15,21H,10-12H2,1-2H3,(H,20,22)/t15-/m0/s1. The Morgan fingerprint density at radius 2 is 1.76 bits per heavy atom. The molecule has 0 radical (unpaired) electrons. The van der Waals surface area contributed by atoms with Crippen molar-refractivity contribution < 1.29 is 13.2 Å². The van der Waals surface area contributed by atoms with Crippen molar-refractivity contribution in [2.45, 2.75) is 26.3 Å². The van der Waals surface area contributed by atoms with Crippen molar-refractivity contribution in [3.8, 4) is 0 Å². The van der Waals surface area contributed by atoms with Gasteiger partial charge >= 0.3 is 0 Å². The number of amides is 1. The van der Waals surface area contributed by atoms with E-state index in [2.05, 4.69) is 10.6 Å². The summed E-state index contributed by atoms with van der Waals surface area (Å²) in [5.74, 6) is -0.0958. The Kier molecular flexibility index (Phi) is 4.81. The van der Waals surface area contributed by atoms with Crippen LogP contribution in [0.25, 0.3) is 0 Å². The lowest BCUT2D eigenvalue weighted by Gasteiger charge is -2.16. The second kappa shape index (κ2) is 6.88. The number of rotatable bonds is 4. The van der Waals surface area contributed by atoms with Gasteiger partial charge in [-0.3, -0.25) is 4.79 Å². The van der Waals surface area contributed by atoms with Crippen LogP contribution < -0.4 is 10.6 Å². The first-order valence-electron chi connectivity index (χ1n) is 8.29. The van der Waals surface area contributed by atoms with Crippen LogP contribution in [-0.2, 0) is 9.84 Å². The molecule has 6 heteroatoms. The van der Waals surface area contributed by atoms with E-state index in [0.29, 0.717) is 17.7 Å². The van der Waals surface area contributed by atoms with Gasteiger partial charge in [-0.05, 0) is 49.6 Å². The van der Waals surface area contributed by atoms with Crippen LogP contribution in [0.4, 0.5) is 11.4 Å². The van der Waals surface area contributed by atoms with E-state index in [-0.39, 0.29) is 23.5 Å². The number of para-hydroxylation sites is 1. The van der Waals surface area contributed by atoms with Gasteiger partial charge in [0, 0.05) is 11.7 Å². The van der Waals surface area contributed by atoms with Gasteiger partial charge in [-0.25, -0.2) is 8.42 Å². The van der Waals surface area contributed by atoms with E-state index in [1.54, 1.807) is 12.1 Å². The zero-order chi connectivity index (χ0) is 18.0. The summed E-state index contributed by atoms with van der Waals surface area (Å²) in [4.78, 5) is 12.6. The van der Waals surface area contributed by atoms with Gasteiger partial charge in [0.1, 0.15) is 0 Å². The fourth-order valence-electron chi connectivity index (χ4n) is 2.99. The predicted molar refractivity (Wildman–Crippen MR) is 100 cm³/mol. The van der Waals surface area contributed by atoms with E-state index in [1.165, 1.54) is 5.56 Å². The maximum absolute atomic E-state index is 12.6. The number of carbonyl (C=O) groups excluding carboxylic acids is 1. The van der Waals surface area contributed by atoms with Crippen molar-refractivity contribution in [1.82, 2.24) is 5.32 Å². The maximum atomic E-state index is 12.6. The quantitative estimate of drug-likeness (QED) is 0.881. The molecular formula is C19H22N2O3S. The molecule has 2 N–H and O–H groups in total. The Morgan fingerprint density at radius 3 is 2.48 bits per heavy atom. The highest BCUT2D eigenvalue weighted by atomic mass is 32.2. The number of hydrogen-bond acceptors (Lipinski definition) is 4. The molecule has 1 amide bonds. The van der Waals surface area contributed by atoms with E-state index < -0.39 is 9.84 Å². The third-order valence-electron chi connectivity index (χ3n) is 4.61. The molecule has 0 saturated carbocycles. The lowest BCUT2D eigenvalue weighted by atomic mass is 10.1. The minimum Gasteiger partial charge on any atom is -0.355 e. The molecule has 0 bridgehead atoms. The summed E-state index contributed by atoms with van der Waals surface area (Å²) in [6.45, 7) is 4.07. The molecule has 1 atom stereocenters. The molecule has 0 aliphatic carbocycles. The van der Waals surface area contributed by atoms with E-state index in [9.17, 15) is 13.2 Å². The summed E-state index contributed by atoms with van der Waals surface area (Å²) in [7, 11) is -3.02. The largest absolute Gasteiger partial charge is 0.355 e. The maximum Gasteiger partial charge on any atom is 0.253 e. The van der Waals surface area contributed by atoms with Crippen LogP contribution in [0.2, 0.25) is 0 Å². The second-order valence-electron chi connectivity index (χ2n) is 6.49. The predicted octanol–water partition coefficient (Wildman–Crippen LogP) is 2.96. The fraction of sp³-hybridized carbons (Fsp3) is 0.316. The SMILES string of the molecule is Cc1cccc(Nc2ccccc2C(=O)N[C@H]2CCS(=O)(=O)C2)c1C. The van der Waals surface area contributed by atoms with E-state index >= 15 is 0 Å². The smallest absolute Gasteiger partial charge is 0.253 e. The lowest BCUT2D eigenvalue weighted by Crippen LogP contribution is -2.35. The van der Waals surface area contributed by atoms with Crippen molar-refractivity contribution in [2.75, 3.05) is 16.8 Å². The average molecular weight is 358 g/mol. The van der Waals surface area contributed by atoms with Crippen molar-refractivity contribution >= 4 is 27.1 Å². The molecule has 2 aromatic rings. The topological polar surface area (TPSA) is 75.3 Å². The average Bonchev–Trinajstić information content (AvgIpc) is 2.91. The third kappa shape index (κ3) is 4.02. The summed E-state index contributed by atoms with van der Waals surface area (Å²) in [5, 5.41) is 6.17. The summed E-state index contributed by atoms with van der Waals surface area (Å²) in [6.07, 6.45) is 0.473. The first-order valence-corrected chi connectivity index (χ1v) is 10.1. The minimum atomic E-state index is -3.02. The zero-order valence-electron chi connectivity index (χ0n) is 14.4. The fourth-order valence-corrected chi connectivity index (χ4v) is 4.67. The first-order chi connectivity index (χ1) is 11.9. The first kappa shape index (κ1) is 17.5. The highest BCUT2D eigenvalue weighted by Gasteiger charge is 2.29. The van der Waals surface area contributed by atoms with Crippen LogP contribution in [0.15, 0.2) is 42.5 Å². The van der Waals surface area contributed by atoms with E-state index in [4.69, 9.17) is 0 Å². The van der Waals surface area contributed by atoms with Gasteiger partial charge < -0.3 is 10.6 Å². The molecule has 25 heavy (non-hydrogen) atoms. The molecule has 1 saturated heterocycles. The number of nitrogens with one attached hydrogen (secondary N) is 2. The molecule has 5 nitrogen and oxygen atoms in total. The number of aryl methyl sites for hydroxylation is 1. The zero-order valence-corrected chi connectivity index (χ0v) is 15.2. The number of anilines is 2. The summed E-state index contributed by atoms with van der Waals surface area (Å²) < 4.78 is 23.1. The third-order valence-corrected chi connectivity index (χ3v) is 6.38. The monoisotopic (exact) mass is 358 g/mol. The van der Waals surface area contributed by atoms with Crippen molar-refractivity contribution in [2.24, 2.45) is 0 Å². The molecule has 1 fully saturated rings. The second-order valence-corrected chi connectivity index (χ2v) is 8.72. The van der Waals surface area contributed by atoms with Crippen molar-refractivity contribution in [1.29, 1.82) is 0 Å². The normalized spacial score (nSPS) is 18.7. The molecule has 1 aliphatic rings. The molecule has 3 rings (SSSR count). The Morgan fingerprint density at radius 1 is 1.04 bits per heavy atom. The number of hydrogen-bond donors (Lipinski definition) is 2. The minimum absolute atomic E-state index is 0.0192. The molecule has 1 aliphatic heterocycles. The Balaban J connectivity index is 1.81. The van der Waals surface area contributed by atoms with Gasteiger partial charge in [0.15, 0.2) is 9.84 Å². The molecular weight excluding hydrogens is 336 g/mol. The van der Waals surface area contributed by atoms with Crippen LogP contribution in [-0.4, -0.2) is 31.9 Å². The molecule has 1 heterocycles. The Labute approximate surface area is 148 Å². The van der Waals surface area contributed by atoms with Gasteiger partial charge in [0.2, 0.25) is 0 Å². The van der Waals surface area contributed by atoms with Gasteiger partial charge in [-0.15, -0.1) is 0 Å². The summed E-state index contributed by atoms with van der Waals surface area (Å²) in [6, 6.07) is 12.9. The molecule has 132 valence electrons. The van der Waals surface area contributed by atoms with E-state index in [1.807, 2.05) is 44.2 Å². The molecule has 0 unspecified atom stereocenters. The molecule has 2 aromatic carbocycles. The van der Waals surface area contributed by atoms with Crippen molar-refractivity contribution in [3.63, 3.8) is 0 Å². The summed E-state index contributed by atoms with van der Waals surface area (Å²) in [5.41, 5.74) is 4.45. The molecule has 0 aromatic heterocycles.